The highest BCUT2D eigenvalue weighted by atomic mass is 32.2. The molecule has 1 N–H and O–H groups in total. The minimum atomic E-state index is -0.590. The molecule has 88 valence electrons. The molecule has 0 atom stereocenters. The van der Waals surface area contributed by atoms with Crippen LogP contribution in [0, 0.1) is 11.6 Å². The summed E-state index contributed by atoms with van der Waals surface area (Å²) in [6.45, 7) is 0. The summed E-state index contributed by atoms with van der Waals surface area (Å²) in [5.41, 5.74) is 0.251. The lowest BCUT2D eigenvalue weighted by Crippen LogP contribution is -2.11. The molecule has 17 heavy (non-hydrogen) atoms. The lowest BCUT2D eigenvalue weighted by molar-refractivity contribution is 0.574. The Bertz CT molecular complexity index is 568. The predicted molar refractivity (Wildman–Crippen MR) is 60.8 cm³/mol. The number of aromatic nitrogens is 2. The first kappa shape index (κ1) is 11.8. The van der Waals surface area contributed by atoms with Crippen molar-refractivity contribution in [2.75, 3.05) is 0 Å². The van der Waals surface area contributed by atoms with E-state index in [2.05, 4.69) is 9.97 Å². The molecule has 3 nitrogen and oxygen atoms in total. The van der Waals surface area contributed by atoms with Crippen LogP contribution >= 0.6 is 11.8 Å². The quantitative estimate of drug-likeness (QED) is 0.675. The third kappa shape index (κ3) is 3.13. The molecule has 0 fully saturated rings. The zero-order valence-electron chi connectivity index (χ0n) is 8.61. The first-order valence-corrected chi connectivity index (χ1v) is 5.76. The summed E-state index contributed by atoms with van der Waals surface area (Å²) in [6.07, 6.45) is 0.881. The summed E-state index contributed by atoms with van der Waals surface area (Å²) in [6, 6.07) is 5.89. The van der Waals surface area contributed by atoms with E-state index in [9.17, 15) is 13.6 Å². The fourth-order valence-electron chi connectivity index (χ4n) is 1.20. The smallest absolute Gasteiger partial charge is 0.298 e. The third-order valence-corrected chi connectivity index (χ3v) is 3.09. The number of nitrogens with zero attached hydrogens (tertiary/aromatic N) is 1. The Morgan fingerprint density at radius 3 is 2.65 bits per heavy atom. The lowest BCUT2D eigenvalue weighted by atomic mass is 10.2. The maximum absolute atomic E-state index is 13.2. The van der Waals surface area contributed by atoms with E-state index in [0.29, 0.717) is 5.75 Å². The summed E-state index contributed by atoms with van der Waals surface area (Å²) in [5, 5.41) is 0.134. The highest BCUT2D eigenvalue weighted by Crippen LogP contribution is 2.21. The number of benzene rings is 1. The number of H-pyrrole nitrogens is 1. The predicted octanol–water partition coefficient (Wildman–Crippen LogP) is 2.34. The van der Waals surface area contributed by atoms with Crippen molar-refractivity contribution in [3.05, 3.63) is 58.1 Å². The summed E-state index contributed by atoms with van der Waals surface area (Å²) in [4.78, 5) is 16.5. The Morgan fingerprint density at radius 2 is 1.94 bits per heavy atom. The second-order valence-corrected chi connectivity index (χ2v) is 4.27. The fourth-order valence-corrected chi connectivity index (χ4v) is 2.06. The normalized spacial score (nSPS) is 10.5. The van der Waals surface area contributed by atoms with Crippen molar-refractivity contribution in [2.45, 2.75) is 10.8 Å². The van der Waals surface area contributed by atoms with Crippen molar-refractivity contribution >= 4 is 11.8 Å². The summed E-state index contributed by atoms with van der Waals surface area (Å²) in [7, 11) is 0. The number of thioether (sulfide) groups is 1. The largest absolute Gasteiger partial charge is 0.345 e. The van der Waals surface area contributed by atoms with Gasteiger partial charge in [-0.05, 0) is 17.7 Å². The maximum Gasteiger partial charge on any atom is 0.345 e. The van der Waals surface area contributed by atoms with Crippen LogP contribution in [0.1, 0.15) is 5.56 Å². The van der Waals surface area contributed by atoms with Gasteiger partial charge < -0.3 is 0 Å². The second-order valence-electron chi connectivity index (χ2n) is 3.28. The molecule has 2 rings (SSSR count). The molecular formula is C11H8F2N2OS. The van der Waals surface area contributed by atoms with Crippen LogP contribution in [0.3, 0.4) is 0 Å². The molecular weight excluding hydrogens is 246 g/mol. The molecule has 0 radical (unpaired) electrons. The summed E-state index contributed by atoms with van der Waals surface area (Å²) in [5.74, 6) is -0.448. The van der Waals surface area contributed by atoms with Gasteiger partial charge in [0.2, 0.25) is 0 Å². The Hall–Kier alpha value is -1.69. The van der Waals surface area contributed by atoms with Gasteiger partial charge in [0.25, 0.3) is 0 Å². The monoisotopic (exact) mass is 254 g/mol. The standard InChI is InChI=1S/C11H8F2N2OS/c12-8-3-1-7(2-4-8)6-17-10-9(13)5-14-11(16)15-10/h1-5H,6H2,(H,14,15,16). The van der Waals surface area contributed by atoms with Crippen LogP contribution in [-0.2, 0) is 5.75 Å². The zero-order chi connectivity index (χ0) is 12.3. The van der Waals surface area contributed by atoms with Gasteiger partial charge in [0, 0.05) is 5.75 Å². The molecule has 0 saturated carbocycles. The number of rotatable bonds is 3. The molecule has 6 heteroatoms. The average molecular weight is 254 g/mol. The van der Waals surface area contributed by atoms with Crippen molar-refractivity contribution in [3.63, 3.8) is 0 Å². The van der Waals surface area contributed by atoms with E-state index in [1.807, 2.05) is 0 Å². The SMILES string of the molecule is O=c1ncc(F)c(SCc2ccc(F)cc2)[nH]1. The number of aromatic amines is 1. The van der Waals surface area contributed by atoms with Crippen molar-refractivity contribution in [2.24, 2.45) is 0 Å². The molecule has 1 aromatic carbocycles. The van der Waals surface area contributed by atoms with Crippen LogP contribution in [0.15, 0.2) is 40.3 Å². The summed E-state index contributed by atoms with van der Waals surface area (Å²) < 4.78 is 25.9. The molecule has 0 unspecified atom stereocenters. The van der Waals surface area contributed by atoms with E-state index in [1.54, 1.807) is 12.1 Å². The number of hydrogen-bond donors (Lipinski definition) is 1. The van der Waals surface area contributed by atoms with Crippen LogP contribution in [0.5, 0.6) is 0 Å². The average Bonchev–Trinajstić information content (AvgIpc) is 2.32. The molecule has 0 aliphatic carbocycles. The first-order valence-electron chi connectivity index (χ1n) is 4.77. The second kappa shape index (κ2) is 5.09. The molecule has 0 spiro atoms. The van der Waals surface area contributed by atoms with Crippen LogP contribution in [0.2, 0.25) is 0 Å². The van der Waals surface area contributed by atoms with Gasteiger partial charge in [-0.2, -0.15) is 4.98 Å². The van der Waals surface area contributed by atoms with Gasteiger partial charge in [0.05, 0.1) is 6.20 Å². The van der Waals surface area contributed by atoms with Gasteiger partial charge >= 0.3 is 5.69 Å². The number of nitrogens with one attached hydrogen (secondary N) is 1. The summed E-state index contributed by atoms with van der Waals surface area (Å²) >= 11 is 1.13. The van der Waals surface area contributed by atoms with Gasteiger partial charge in [-0.15, -0.1) is 11.8 Å². The van der Waals surface area contributed by atoms with Crippen LogP contribution in [0.25, 0.3) is 0 Å². The van der Waals surface area contributed by atoms with E-state index >= 15 is 0 Å². The van der Waals surface area contributed by atoms with E-state index in [0.717, 1.165) is 23.5 Å². The van der Waals surface area contributed by atoms with Crippen molar-refractivity contribution < 1.29 is 8.78 Å². The molecule has 0 aliphatic heterocycles. The van der Waals surface area contributed by atoms with Crippen molar-refractivity contribution in [3.8, 4) is 0 Å². The minimum Gasteiger partial charge on any atom is -0.298 e. The minimum absolute atomic E-state index is 0.134. The van der Waals surface area contributed by atoms with E-state index < -0.39 is 11.5 Å². The molecule has 0 aliphatic rings. The van der Waals surface area contributed by atoms with E-state index in [-0.39, 0.29) is 10.8 Å². The molecule has 2 aromatic rings. The van der Waals surface area contributed by atoms with E-state index in [1.165, 1.54) is 12.1 Å². The molecule has 0 bridgehead atoms. The van der Waals surface area contributed by atoms with Gasteiger partial charge in [-0.3, -0.25) is 4.98 Å². The highest BCUT2D eigenvalue weighted by Gasteiger charge is 2.05. The van der Waals surface area contributed by atoms with Crippen molar-refractivity contribution in [1.29, 1.82) is 0 Å². The topological polar surface area (TPSA) is 45.8 Å². The van der Waals surface area contributed by atoms with Gasteiger partial charge in [0.1, 0.15) is 10.8 Å². The first-order chi connectivity index (χ1) is 8.15. The molecule has 1 heterocycles. The Kier molecular flexibility index (Phi) is 3.53. The highest BCUT2D eigenvalue weighted by molar-refractivity contribution is 7.98. The van der Waals surface area contributed by atoms with Crippen LogP contribution < -0.4 is 5.69 Å². The Balaban J connectivity index is 2.09. The lowest BCUT2D eigenvalue weighted by Gasteiger charge is -2.02. The van der Waals surface area contributed by atoms with Crippen molar-refractivity contribution in [1.82, 2.24) is 9.97 Å². The Labute approximate surface area is 99.9 Å². The molecule has 0 amide bonds. The van der Waals surface area contributed by atoms with Gasteiger partial charge in [-0.25, -0.2) is 13.6 Å². The van der Waals surface area contributed by atoms with Gasteiger partial charge in [-0.1, -0.05) is 12.1 Å². The van der Waals surface area contributed by atoms with E-state index in [4.69, 9.17) is 0 Å². The molecule has 1 aromatic heterocycles. The Morgan fingerprint density at radius 1 is 1.24 bits per heavy atom. The zero-order valence-corrected chi connectivity index (χ0v) is 9.43. The van der Waals surface area contributed by atoms with Crippen LogP contribution in [-0.4, -0.2) is 9.97 Å². The number of hydrogen-bond acceptors (Lipinski definition) is 3. The van der Waals surface area contributed by atoms with Crippen LogP contribution in [0.4, 0.5) is 8.78 Å². The van der Waals surface area contributed by atoms with Gasteiger partial charge in [0.15, 0.2) is 5.82 Å². The maximum atomic E-state index is 13.2. The fraction of sp³-hybridized carbons (Fsp3) is 0.0909. The third-order valence-electron chi connectivity index (χ3n) is 2.03. The number of halogens is 2. The molecule has 0 saturated heterocycles.